The first-order valence-corrected chi connectivity index (χ1v) is 6.62. The first-order valence-electron chi connectivity index (χ1n) is 6.62. The Hall–Kier alpha value is -2.63. The lowest BCUT2D eigenvalue weighted by Gasteiger charge is -2.06. The first-order chi connectivity index (χ1) is 10.1. The summed E-state index contributed by atoms with van der Waals surface area (Å²) in [5, 5.41) is 9.30. The van der Waals surface area contributed by atoms with Crippen LogP contribution in [0.5, 0.6) is 5.75 Å². The number of fused-ring (bicyclic) bond motifs is 1. The quantitative estimate of drug-likeness (QED) is 0.731. The van der Waals surface area contributed by atoms with Gasteiger partial charge in [-0.1, -0.05) is 12.1 Å². The summed E-state index contributed by atoms with van der Waals surface area (Å²) >= 11 is 0. The SMILES string of the molecule is COc1cccc(Cn2ncc3c(C)n(C)nc3c2=O)c1. The molecule has 2 heterocycles. The molecule has 0 saturated carbocycles. The van der Waals surface area contributed by atoms with Gasteiger partial charge in [0.2, 0.25) is 0 Å². The van der Waals surface area contributed by atoms with Crippen LogP contribution in [0, 0.1) is 6.92 Å². The lowest BCUT2D eigenvalue weighted by molar-refractivity contribution is 0.414. The zero-order chi connectivity index (χ0) is 15.0. The Balaban J connectivity index is 2.05. The van der Waals surface area contributed by atoms with Gasteiger partial charge in [-0.3, -0.25) is 9.48 Å². The molecule has 0 aliphatic rings. The summed E-state index contributed by atoms with van der Waals surface area (Å²) in [6.07, 6.45) is 1.69. The van der Waals surface area contributed by atoms with E-state index < -0.39 is 0 Å². The number of hydrogen-bond donors (Lipinski definition) is 0. The molecule has 0 radical (unpaired) electrons. The third-order valence-electron chi connectivity index (χ3n) is 3.61. The number of benzene rings is 1. The molecule has 0 aliphatic carbocycles. The molecule has 0 bridgehead atoms. The highest BCUT2D eigenvalue weighted by Gasteiger charge is 2.11. The van der Waals surface area contributed by atoms with Crippen molar-refractivity contribution < 1.29 is 4.74 Å². The zero-order valence-electron chi connectivity index (χ0n) is 12.2. The van der Waals surface area contributed by atoms with Crippen molar-refractivity contribution in [1.29, 1.82) is 0 Å². The zero-order valence-corrected chi connectivity index (χ0v) is 12.2. The van der Waals surface area contributed by atoms with Crippen molar-refractivity contribution in [2.24, 2.45) is 7.05 Å². The number of rotatable bonds is 3. The highest BCUT2D eigenvalue weighted by Crippen LogP contribution is 2.14. The van der Waals surface area contributed by atoms with Gasteiger partial charge in [0.25, 0.3) is 5.56 Å². The lowest BCUT2D eigenvalue weighted by Crippen LogP contribution is -2.23. The van der Waals surface area contributed by atoms with Gasteiger partial charge in [-0.05, 0) is 24.6 Å². The fourth-order valence-electron chi connectivity index (χ4n) is 2.30. The van der Waals surface area contributed by atoms with Gasteiger partial charge in [0, 0.05) is 18.1 Å². The van der Waals surface area contributed by atoms with E-state index in [1.165, 1.54) is 4.68 Å². The summed E-state index contributed by atoms with van der Waals surface area (Å²) in [5.74, 6) is 0.760. The minimum absolute atomic E-state index is 0.181. The summed E-state index contributed by atoms with van der Waals surface area (Å²) < 4.78 is 8.31. The summed E-state index contributed by atoms with van der Waals surface area (Å²) in [6.45, 7) is 2.31. The van der Waals surface area contributed by atoms with Gasteiger partial charge in [0.1, 0.15) is 5.75 Å². The van der Waals surface area contributed by atoms with E-state index >= 15 is 0 Å². The lowest BCUT2D eigenvalue weighted by atomic mass is 10.2. The van der Waals surface area contributed by atoms with Crippen molar-refractivity contribution in [2.75, 3.05) is 7.11 Å². The third kappa shape index (κ3) is 2.29. The fraction of sp³-hybridized carbons (Fsp3) is 0.267. The molecule has 0 fully saturated rings. The van der Waals surface area contributed by atoms with E-state index in [-0.39, 0.29) is 5.56 Å². The van der Waals surface area contributed by atoms with Gasteiger partial charge in [0.05, 0.1) is 19.9 Å². The van der Waals surface area contributed by atoms with Crippen LogP contribution in [0.3, 0.4) is 0 Å². The number of aryl methyl sites for hydroxylation is 2. The average Bonchev–Trinajstić information content (AvgIpc) is 2.79. The van der Waals surface area contributed by atoms with E-state index in [1.54, 1.807) is 18.0 Å². The van der Waals surface area contributed by atoms with E-state index in [4.69, 9.17) is 4.74 Å². The molecule has 2 aromatic heterocycles. The molecule has 0 spiro atoms. The Morgan fingerprint density at radius 1 is 1.33 bits per heavy atom. The van der Waals surface area contributed by atoms with Gasteiger partial charge >= 0.3 is 0 Å². The Morgan fingerprint density at radius 3 is 2.90 bits per heavy atom. The Kier molecular flexibility index (Phi) is 3.21. The minimum Gasteiger partial charge on any atom is -0.497 e. The van der Waals surface area contributed by atoms with Gasteiger partial charge < -0.3 is 4.74 Å². The molecule has 3 aromatic rings. The number of ether oxygens (including phenoxy) is 1. The second-order valence-corrected chi connectivity index (χ2v) is 4.93. The highest BCUT2D eigenvalue weighted by atomic mass is 16.5. The van der Waals surface area contributed by atoms with Crippen LogP contribution in [0.1, 0.15) is 11.3 Å². The van der Waals surface area contributed by atoms with Crippen molar-refractivity contribution in [1.82, 2.24) is 19.6 Å². The predicted octanol–water partition coefficient (Wildman–Crippen LogP) is 1.50. The van der Waals surface area contributed by atoms with Crippen LogP contribution in [-0.4, -0.2) is 26.7 Å². The molecular formula is C15H16N4O2. The standard InChI is InChI=1S/C15H16N4O2/c1-10-13-8-16-19(15(20)14(13)17-18(10)2)9-11-5-4-6-12(7-11)21-3/h4-8H,9H2,1-3H3. The second-order valence-electron chi connectivity index (χ2n) is 4.93. The second kappa shape index (κ2) is 5.05. The fourth-order valence-corrected chi connectivity index (χ4v) is 2.30. The van der Waals surface area contributed by atoms with Gasteiger partial charge in [-0.15, -0.1) is 0 Å². The Labute approximate surface area is 121 Å². The van der Waals surface area contributed by atoms with E-state index in [9.17, 15) is 4.79 Å². The van der Waals surface area contributed by atoms with Crippen LogP contribution >= 0.6 is 0 Å². The van der Waals surface area contributed by atoms with Crippen molar-refractivity contribution in [2.45, 2.75) is 13.5 Å². The molecule has 0 atom stereocenters. The number of aromatic nitrogens is 4. The average molecular weight is 284 g/mol. The summed E-state index contributed by atoms with van der Waals surface area (Å²) in [4.78, 5) is 12.4. The molecule has 0 amide bonds. The molecule has 3 rings (SSSR count). The van der Waals surface area contributed by atoms with E-state index in [0.29, 0.717) is 12.1 Å². The number of methoxy groups -OCH3 is 1. The van der Waals surface area contributed by atoms with Crippen LogP contribution in [0.4, 0.5) is 0 Å². The van der Waals surface area contributed by atoms with Crippen molar-refractivity contribution in [3.05, 3.63) is 52.1 Å². The van der Waals surface area contributed by atoms with Crippen LogP contribution in [0.15, 0.2) is 35.3 Å². The summed E-state index contributed by atoms with van der Waals surface area (Å²) in [6, 6.07) is 7.58. The van der Waals surface area contributed by atoms with E-state index in [2.05, 4.69) is 10.2 Å². The molecule has 108 valence electrons. The molecule has 1 aromatic carbocycles. The van der Waals surface area contributed by atoms with Crippen LogP contribution in [0.2, 0.25) is 0 Å². The topological polar surface area (TPSA) is 61.9 Å². The van der Waals surface area contributed by atoms with Gasteiger partial charge in [0.15, 0.2) is 5.52 Å². The van der Waals surface area contributed by atoms with Crippen LogP contribution in [-0.2, 0) is 13.6 Å². The van der Waals surface area contributed by atoms with Crippen molar-refractivity contribution >= 4 is 10.9 Å². The molecular weight excluding hydrogens is 268 g/mol. The van der Waals surface area contributed by atoms with E-state index in [1.807, 2.05) is 38.2 Å². The highest BCUT2D eigenvalue weighted by molar-refractivity contribution is 5.79. The monoisotopic (exact) mass is 284 g/mol. The largest absolute Gasteiger partial charge is 0.497 e. The smallest absolute Gasteiger partial charge is 0.295 e. The molecule has 0 unspecified atom stereocenters. The minimum atomic E-state index is -0.181. The summed E-state index contributed by atoms with van der Waals surface area (Å²) in [5.41, 5.74) is 2.16. The van der Waals surface area contributed by atoms with Gasteiger partial charge in [-0.2, -0.15) is 10.2 Å². The van der Waals surface area contributed by atoms with Crippen molar-refractivity contribution in [3.63, 3.8) is 0 Å². The van der Waals surface area contributed by atoms with Crippen LogP contribution < -0.4 is 10.3 Å². The molecule has 21 heavy (non-hydrogen) atoms. The first kappa shape index (κ1) is 13.4. The third-order valence-corrected chi connectivity index (χ3v) is 3.61. The maximum atomic E-state index is 12.4. The molecule has 0 N–H and O–H groups in total. The van der Waals surface area contributed by atoms with E-state index in [0.717, 1.165) is 22.4 Å². The molecule has 0 aliphatic heterocycles. The normalized spacial score (nSPS) is 11.0. The Morgan fingerprint density at radius 2 is 2.14 bits per heavy atom. The molecule has 6 heteroatoms. The predicted molar refractivity (Wildman–Crippen MR) is 79.6 cm³/mol. The number of nitrogens with zero attached hydrogens (tertiary/aromatic N) is 4. The van der Waals surface area contributed by atoms with Crippen LogP contribution in [0.25, 0.3) is 10.9 Å². The molecule has 6 nitrogen and oxygen atoms in total. The van der Waals surface area contributed by atoms with Gasteiger partial charge in [-0.25, -0.2) is 4.68 Å². The van der Waals surface area contributed by atoms with Crippen molar-refractivity contribution in [3.8, 4) is 5.75 Å². The Bertz CT molecular complexity index is 864. The maximum absolute atomic E-state index is 12.4. The maximum Gasteiger partial charge on any atom is 0.295 e. The molecule has 0 saturated heterocycles. The summed E-state index contributed by atoms with van der Waals surface area (Å²) in [7, 11) is 3.44. The number of hydrogen-bond acceptors (Lipinski definition) is 4.